The second-order valence-corrected chi connectivity index (χ2v) is 4.67. The van der Waals surface area contributed by atoms with E-state index in [0.717, 1.165) is 0 Å². The Labute approximate surface area is 116 Å². The fraction of sp³-hybridized carbons (Fsp3) is 0.118. The van der Waals surface area contributed by atoms with Crippen LogP contribution in [0.1, 0.15) is 5.56 Å². The molecule has 1 heterocycles. The summed E-state index contributed by atoms with van der Waals surface area (Å²) >= 11 is 0. The van der Waals surface area contributed by atoms with Crippen LogP contribution in [0.2, 0.25) is 0 Å². The number of ketones is 1. The molecule has 2 aliphatic rings. The SMILES string of the molecule is C=CC1=C(c2ccccc2F)C(=O)C2C=CC=CC2O1. The Balaban J connectivity index is 2.16. The second kappa shape index (κ2) is 4.93. The van der Waals surface area contributed by atoms with Gasteiger partial charge in [0.25, 0.3) is 0 Å². The molecule has 3 rings (SSSR count). The first-order valence-corrected chi connectivity index (χ1v) is 6.40. The lowest BCUT2D eigenvalue weighted by Gasteiger charge is -2.31. The zero-order valence-corrected chi connectivity index (χ0v) is 10.8. The Morgan fingerprint density at radius 2 is 1.95 bits per heavy atom. The quantitative estimate of drug-likeness (QED) is 0.821. The molecule has 20 heavy (non-hydrogen) atoms. The summed E-state index contributed by atoms with van der Waals surface area (Å²) in [5.41, 5.74) is 0.521. The summed E-state index contributed by atoms with van der Waals surface area (Å²) in [4.78, 5) is 12.6. The predicted octanol–water partition coefficient (Wildman–Crippen LogP) is 3.43. The Kier molecular flexibility index (Phi) is 3.11. The van der Waals surface area contributed by atoms with Gasteiger partial charge in [-0.3, -0.25) is 4.79 Å². The van der Waals surface area contributed by atoms with Crippen molar-refractivity contribution in [1.82, 2.24) is 0 Å². The van der Waals surface area contributed by atoms with Crippen LogP contribution >= 0.6 is 0 Å². The minimum absolute atomic E-state index is 0.137. The molecule has 0 radical (unpaired) electrons. The third kappa shape index (κ3) is 1.92. The van der Waals surface area contributed by atoms with Crippen molar-refractivity contribution in [3.05, 3.63) is 78.4 Å². The van der Waals surface area contributed by atoms with E-state index in [9.17, 15) is 9.18 Å². The molecule has 1 aliphatic carbocycles. The van der Waals surface area contributed by atoms with Gasteiger partial charge in [-0.25, -0.2) is 4.39 Å². The van der Waals surface area contributed by atoms with Crippen molar-refractivity contribution < 1.29 is 13.9 Å². The van der Waals surface area contributed by atoms with E-state index >= 15 is 0 Å². The van der Waals surface area contributed by atoms with Gasteiger partial charge in [0.1, 0.15) is 17.7 Å². The molecule has 100 valence electrons. The van der Waals surface area contributed by atoms with E-state index in [0.29, 0.717) is 5.76 Å². The van der Waals surface area contributed by atoms with Crippen LogP contribution in [0.15, 0.2) is 67.0 Å². The number of allylic oxidation sites excluding steroid dienone is 4. The summed E-state index contributed by atoms with van der Waals surface area (Å²) in [5, 5.41) is 0. The fourth-order valence-electron chi connectivity index (χ4n) is 2.51. The highest BCUT2D eigenvalue weighted by atomic mass is 19.1. The zero-order valence-electron chi connectivity index (χ0n) is 10.8. The topological polar surface area (TPSA) is 26.3 Å². The molecule has 0 fully saturated rings. The van der Waals surface area contributed by atoms with E-state index in [1.54, 1.807) is 30.4 Å². The van der Waals surface area contributed by atoms with Crippen LogP contribution < -0.4 is 0 Å². The van der Waals surface area contributed by atoms with Gasteiger partial charge in [-0.15, -0.1) is 0 Å². The average Bonchev–Trinajstić information content (AvgIpc) is 2.48. The third-order valence-electron chi connectivity index (χ3n) is 3.47. The Morgan fingerprint density at radius 3 is 2.70 bits per heavy atom. The molecule has 0 spiro atoms. The number of hydrogen-bond donors (Lipinski definition) is 0. The molecule has 0 saturated carbocycles. The van der Waals surface area contributed by atoms with E-state index in [1.165, 1.54) is 12.1 Å². The van der Waals surface area contributed by atoms with Crippen molar-refractivity contribution in [3.8, 4) is 0 Å². The monoisotopic (exact) mass is 268 g/mol. The summed E-state index contributed by atoms with van der Waals surface area (Å²) in [6, 6.07) is 6.20. The van der Waals surface area contributed by atoms with Gasteiger partial charge in [-0.1, -0.05) is 43.0 Å². The lowest BCUT2D eigenvalue weighted by Crippen LogP contribution is -2.34. The van der Waals surface area contributed by atoms with Gasteiger partial charge in [0, 0.05) is 5.56 Å². The fourth-order valence-corrected chi connectivity index (χ4v) is 2.51. The summed E-state index contributed by atoms with van der Waals surface area (Å²) in [6.45, 7) is 3.66. The summed E-state index contributed by atoms with van der Waals surface area (Å²) in [6.07, 6.45) is 8.37. The first kappa shape index (κ1) is 12.6. The molecule has 3 heteroatoms. The summed E-state index contributed by atoms with van der Waals surface area (Å²) in [5.74, 6) is -0.644. The first-order valence-electron chi connectivity index (χ1n) is 6.40. The smallest absolute Gasteiger partial charge is 0.178 e. The minimum atomic E-state index is -0.437. The van der Waals surface area contributed by atoms with Crippen LogP contribution in [0, 0.1) is 11.7 Å². The van der Waals surface area contributed by atoms with E-state index in [4.69, 9.17) is 4.74 Å². The third-order valence-corrected chi connectivity index (χ3v) is 3.47. The van der Waals surface area contributed by atoms with Crippen molar-refractivity contribution in [2.45, 2.75) is 6.10 Å². The summed E-state index contributed by atoms with van der Waals surface area (Å²) in [7, 11) is 0. The molecule has 1 aromatic carbocycles. The number of hydrogen-bond acceptors (Lipinski definition) is 2. The predicted molar refractivity (Wildman–Crippen MR) is 75.2 cm³/mol. The molecule has 0 saturated heterocycles. The van der Waals surface area contributed by atoms with Gasteiger partial charge in [0.2, 0.25) is 0 Å². The lowest BCUT2D eigenvalue weighted by atomic mass is 9.83. The zero-order chi connectivity index (χ0) is 14.1. The largest absolute Gasteiger partial charge is 0.484 e. The number of ether oxygens (including phenoxy) is 1. The molecular formula is C17H13FO2. The lowest BCUT2D eigenvalue weighted by molar-refractivity contribution is -0.119. The molecule has 2 atom stereocenters. The van der Waals surface area contributed by atoms with Crippen LogP contribution in [0.25, 0.3) is 5.57 Å². The normalized spacial score (nSPS) is 24.4. The number of Topliss-reactive ketones (excluding diaryl/α,β-unsaturated/α-hetero) is 1. The van der Waals surface area contributed by atoms with E-state index < -0.39 is 11.7 Å². The number of carbonyl (C=O) groups excluding carboxylic acids is 1. The summed E-state index contributed by atoms with van der Waals surface area (Å²) < 4.78 is 19.7. The molecule has 2 nitrogen and oxygen atoms in total. The van der Waals surface area contributed by atoms with Gasteiger partial charge in [-0.2, -0.15) is 0 Å². The maximum atomic E-state index is 14.0. The van der Waals surface area contributed by atoms with Crippen LogP contribution in [0.3, 0.4) is 0 Å². The molecular weight excluding hydrogens is 255 g/mol. The molecule has 2 unspecified atom stereocenters. The van der Waals surface area contributed by atoms with Crippen LogP contribution in [0.4, 0.5) is 4.39 Å². The van der Waals surface area contributed by atoms with Gasteiger partial charge in [-0.05, 0) is 18.2 Å². The van der Waals surface area contributed by atoms with Crippen molar-refractivity contribution in [3.63, 3.8) is 0 Å². The number of rotatable bonds is 2. The van der Waals surface area contributed by atoms with Crippen LogP contribution in [-0.2, 0) is 9.53 Å². The van der Waals surface area contributed by atoms with Gasteiger partial charge < -0.3 is 4.74 Å². The van der Waals surface area contributed by atoms with E-state index in [-0.39, 0.29) is 23.0 Å². The Hall–Kier alpha value is -2.42. The van der Waals surface area contributed by atoms with Crippen LogP contribution in [-0.4, -0.2) is 11.9 Å². The maximum Gasteiger partial charge on any atom is 0.178 e. The standard InChI is InChI=1S/C17H13FO2/c1-2-14-16(11-7-3-5-9-13(11)18)17(19)12-8-4-6-10-15(12)20-14/h2-10,12,15H,1H2. The molecule has 1 aliphatic heterocycles. The van der Waals surface area contributed by atoms with Crippen molar-refractivity contribution in [2.75, 3.05) is 0 Å². The van der Waals surface area contributed by atoms with Gasteiger partial charge >= 0.3 is 0 Å². The molecule has 0 N–H and O–H groups in total. The van der Waals surface area contributed by atoms with Crippen molar-refractivity contribution in [2.24, 2.45) is 5.92 Å². The van der Waals surface area contributed by atoms with E-state index in [2.05, 4.69) is 6.58 Å². The number of carbonyl (C=O) groups is 1. The van der Waals surface area contributed by atoms with E-state index in [1.807, 2.05) is 12.2 Å². The highest BCUT2D eigenvalue weighted by Gasteiger charge is 2.37. The number of benzene rings is 1. The van der Waals surface area contributed by atoms with Crippen LogP contribution in [0.5, 0.6) is 0 Å². The van der Waals surface area contributed by atoms with Crippen molar-refractivity contribution >= 4 is 11.4 Å². The highest BCUT2D eigenvalue weighted by molar-refractivity contribution is 6.24. The van der Waals surface area contributed by atoms with Gasteiger partial charge in [0.15, 0.2) is 5.78 Å². The average molecular weight is 268 g/mol. The molecule has 0 amide bonds. The highest BCUT2D eigenvalue weighted by Crippen LogP contribution is 2.36. The molecule has 0 bridgehead atoms. The van der Waals surface area contributed by atoms with Gasteiger partial charge in [0.05, 0.1) is 11.5 Å². The Bertz CT molecular complexity index is 667. The molecule has 0 aromatic heterocycles. The second-order valence-electron chi connectivity index (χ2n) is 4.67. The maximum absolute atomic E-state index is 14.0. The minimum Gasteiger partial charge on any atom is -0.484 e. The number of fused-ring (bicyclic) bond motifs is 1. The first-order chi connectivity index (χ1) is 9.72. The molecule has 1 aromatic rings. The number of halogens is 1. The van der Waals surface area contributed by atoms with Crippen molar-refractivity contribution in [1.29, 1.82) is 0 Å². The Morgan fingerprint density at radius 1 is 1.20 bits per heavy atom.